The summed E-state index contributed by atoms with van der Waals surface area (Å²) < 4.78 is 12.9. The molecule has 0 atom stereocenters. The number of guanidine groups is 1. The zero-order valence-electron chi connectivity index (χ0n) is 12.1. The molecule has 0 aliphatic heterocycles. The monoisotopic (exact) mass is 394 g/mol. The minimum atomic E-state index is -0.218. The molecule has 0 fully saturated rings. The van der Waals surface area contributed by atoms with E-state index < -0.39 is 0 Å². The minimum Gasteiger partial charge on any atom is -0.385 e. The lowest BCUT2D eigenvalue weighted by atomic mass is 10.3. The summed E-state index contributed by atoms with van der Waals surface area (Å²) in [6.45, 7) is 7.30. The van der Waals surface area contributed by atoms with Gasteiger partial charge in [0.2, 0.25) is 0 Å². The molecular weight excluding hydrogens is 370 g/mol. The number of halogens is 2. The summed E-state index contributed by atoms with van der Waals surface area (Å²) in [4.78, 5) is 4.43. The molecule has 20 heavy (non-hydrogen) atoms. The van der Waals surface area contributed by atoms with Gasteiger partial charge in [0.05, 0.1) is 0 Å². The highest BCUT2D eigenvalue weighted by atomic mass is 127. The summed E-state index contributed by atoms with van der Waals surface area (Å²) in [5, 5.41) is 9.51. The smallest absolute Gasteiger partial charge is 0.191 e. The van der Waals surface area contributed by atoms with Gasteiger partial charge < -0.3 is 16.0 Å². The van der Waals surface area contributed by atoms with Gasteiger partial charge in [0.1, 0.15) is 5.82 Å². The van der Waals surface area contributed by atoms with Crippen LogP contribution in [0.1, 0.15) is 20.3 Å². The van der Waals surface area contributed by atoms with Crippen molar-refractivity contribution in [1.82, 2.24) is 10.6 Å². The third-order valence-corrected chi connectivity index (χ3v) is 2.45. The van der Waals surface area contributed by atoms with Crippen LogP contribution in [0.25, 0.3) is 0 Å². The number of hydrogen-bond acceptors (Lipinski definition) is 2. The molecule has 3 N–H and O–H groups in total. The summed E-state index contributed by atoms with van der Waals surface area (Å²) >= 11 is 0. The number of hydrogen-bond donors (Lipinski definition) is 3. The van der Waals surface area contributed by atoms with Crippen molar-refractivity contribution >= 4 is 35.6 Å². The highest BCUT2D eigenvalue weighted by Crippen LogP contribution is 2.08. The quantitative estimate of drug-likeness (QED) is 0.289. The number of benzene rings is 1. The predicted octanol–water partition coefficient (Wildman–Crippen LogP) is 2.82. The average molecular weight is 394 g/mol. The highest BCUT2D eigenvalue weighted by molar-refractivity contribution is 14.0. The molecular formula is C14H24FIN4. The molecule has 0 amide bonds. The Hall–Kier alpha value is -1.05. The third-order valence-electron chi connectivity index (χ3n) is 2.45. The molecule has 0 aliphatic carbocycles. The van der Waals surface area contributed by atoms with E-state index >= 15 is 0 Å². The van der Waals surface area contributed by atoms with Crippen molar-refractivity contribution in [2.45, 2.75) is 20.3 Å². The Morgan fingerprint density at radius 3 is 2.50 bits per heavy atom. The molecule has 0 radical (unpaired) electrons. The van der Waals surface area contributed by atoms with Gasteiger partial charge in [0.25, 0.3) is 0 Å². The molecule has 0 unspecified atom stereocenters. The standard InChI is InChI=1S/C14H23FN4.HI/c1-3-16-14(17-4-2)19-10-6-9-18-13-8-5-7-12(15)11-13;/h5,7-8,11,18H,3-4,6,9-10H2,1-2H3,(H2,16,17,19);1H. The van der Waals surface area contributed by atoms with Crippen LogP contribution in [0.3, 0.4) is 0 Å². The first-order chi connectivity index (χ1) is 9.26. The van der Waals surface area contributed by atoms with Crippen LogP contribution in [0.5, 0.6) is 0 Å². The van der Waals surface area contributed by atoms with Crippen molar-refractivity contribution in [2.24, 2.45) is 4.99 Å². The van der Waals surface area contributed by atoms with Crippen molar-refractivity contribution in [3.63, 3.8) is 0 Å². The van der Waals surface area contributed by atoms with E-state index in [1.165, 1.54) is 12.1 Å². The molecule has 0 saturated heterocycles. The van der Waals surface area contributed by atoms with E-state index in [1.54, 1.807) is 6.07 Å². The summed E-state index contributed by atoms with van der Waals surface area (Å²) in [6.07, 6.45) is 0.900. The molecule has 1 rings (SSSR count). The minimum absolute atomic E-state index is 0. The Morgan fingerprint density at radius 1 is 1.20 bits per heavy atom. The van der Waals surface area contributed by atoms with Gasteiger partial charge in [-0.1, -0.05) is 6.07 Å². The third kappa shape index (κ3) is 8.19. The molecule has 0 spiro atoms. The maximum absolute atomic E-state index is 12.9. The van der Waals surface area contributed by atoms with Gasteiger partial charge in [0, 0.05) is 31.9 Å². The fourth-order valence-electron chi connectivity index (χ4n) is 1.61. The van der Waals surface area contributed by atoms with Crippen LogP contribution in [0, 0.1) is 5.82 Å². The first kappa shape index (κ1) is 18.9. The van der Waals surface area contributed by atoms with Gasteiger partial charge in [-0.2, -0.15) is 0 Å². The average Bonchev–Trinajstić information content (AvgIpc) is 2.39. The van der Waals surface area contributed by atoms with Crippen LogP contribution in [0.15, 0.2) is 29.3 Å². The van der Waals surface area contributed by atoms with Gasteiger partial charge in [0.15, 0.2) is 5.96 Å². The highest BCUT2D eigenvalue weighted by Gasteiger charge is 1.95. The summed E-state index contributed by atoms with van der Waals surface area (Å²) in [5.41, 5.74) is 0.808. The molecule has 0 saturated carbocycles. The SMILES string of the molecule is CCNC(=NCCCNc1cccc(F)c1)NCC.I. The second-order valence-corrected chi connectivity index (χ2v) is 4.08. The van der Waals surface area contributed by atoms with Crippen LogP contribution in [0.4, 0.5) is 10.1 Å². The van der Waals surface area contributed by atoms with E-state index in [0.29, 0.717) is 0 Å². The van der Waals surface area contributed by atoms with Gasteiger partial charge in [-0.15, -0.1) is 24.0 Å². The zero-order chi connectivity index (χ0) is 13.9. The Kier molecular flexibility index (Phi) is 11.1. The van der Waals surface area contributed by atoms with Crippen molar-refractivity contribution in [1.29, 1.82) is 0 Å². The van der Waals surface area contributed by atoms with E-state index in [4.69, 9.17) is 0 Å². The molecule has 0 aliphatic rings. The second-order valence-electron chi connectivity index (χ2n) is 4.08. The molecule has 6 heteroatoms. The lowest BCUT2D eigenvalue weighted by molar-refractivity contribution is 0.628. The van der Waals surface area contributed by atoms with Crippen molar-refractivity contribution < 1.29 is 4.39 Å². The normalized spacial score (nSPS) is 9.35. The lowest BCUT2D eigenvalue weighted by Crippen LogP contribution is -2.37. The van der Waals surface area contributed by atoms with E-state index in [9.17, 15) is 4.39 Å². The van der Waals surface area contributed by atoms with Gasteiger partial charge in [-0.05, 0) is 38.5 Å². The molecule has 0 aromatic heterocycles. The van der Waals surface area contributed by atoms with E-state index in [2.05, 4.69) is 20.9 Å². The largest absolute Gasteiger partial charge is 0.385 e. The van der Waals surface area contributed by atoms with E-state index in [-0.39, 0.29) is 29.8 Å². The number of nitrogens with zero attached hydrogens (tertiary/aromatic N) is 1. The Morgan fingerprint density at radius 2 is 1.90 bits per heavy atom. The fourth-order valence-corrected chi connectivity index (χ4v) is 1.61. The van der Waals surface area contributed by atoms with Crippen LogP contribution in [0.2, 0.25) is 0 Å². The van der Waals surface area contributed by atoms with Crippen LogP contribution in [-0.2, 0) is 0 Å². The lowest BCUT2D eigenvalue weighted by Gasteiger charge is -2.09. The molecule has 4 nitrogen and oxygen atoms in total. The number of anilines is 1. The summed E-state index contributed by atoms with van der Waals surface area (Å²) in [6, 6.07) is 6.49. The number of nitrogens with one attached hydrogen (secondary N) is 3. The van der Waals surface area contributed by atoms with E-state index in [0.717, 1.165) is 44.2 Å². The summed E-state index contributed by atoms with van der Waals surface area (Å²) in [5.74, 6) is 0.625. The molecule has 114 valence electrons. The Labute approximate surface area is 137 Å². The van der Waals surface area contributed by atoms with Crippen molar-refractivity contribution in [2.75, 3.05) is 31.5 Å². The topological polar surface area (TPSA) is 48.5 Å². The van der Waals surface area contributed by atoms with Crippen LogP contribution < -0.4 is 16.0 Å². The second kappa shape index (κ2) is 11.7. The van der Waals surface area contributed by atoms with Crippen molar-refractivity contribution in [3.8, 4) is 0 Å². The first-order valence-electron chi connectivity index (χ1n) is 6.78. The molecule has 0 heterocycles. The maximum atomic E-state index is 12.9. The maximum Gasteiger partial charge on any atom is 0.191 e. The Balaban J connectivity index is 0.00000361. The van der Waals surface area contributed by atoms with Gasteiger partial charge >= 0.3 is 0 Å². The predicted molar refractivity (Wildman–Crippen MR) is 94.6 cm³/mol. The molecule has 1 aromatic carbocycles. The van der Waals surface area contributed by atoms with Gasteiger partial charge in [-0.25, -0.2) is 4.39 Å². The first-order valence-corrected chi connectivity index (χ1v) is 6.78. The molecule has 0 bridgehead atoms. The number of aliphatic imine (C=N–C) groups is 1. The van der Waals surface area contributed by atoms with Crippen molar-refractivity contribution in [3.05, 3.63) is 30.1 Å². The van der Waals surface area contributed by atoms with E-state index in [1.807, 2.05) is 19.9 Å². The summed E-state index contributed by atoms with van der Waals surface area (Å²) in [7, 11) is 0. The Bertz CT molecular complexity index is 391. The zero-order valence-corrected chi connectivity index (χ0v) is 14.4. The fraction of sp³-hybridized carbons (Fsp3) is 0.500. The number of rotatable bonds is 7. The van der Waals surface area contributed by atoms with Crippen LogP contribution >= 0.6 is 24.0 Å². The van der Waals surface area contributed by atoms with Crippen LogP contribution in [-0.4, -0.2) is 32.1 Å². The van der Waals surface area contributed by atoms with Gasteiger partial charge in [-0.3, -0.25) is 4.99 Å². The molecule has 1 aromatic rings.